The van der Waals surface area contributed by atoms with Crippen LogP contribution in [0.2, 0.25) is 0 Å². The predicted octanol–water partition coefficient (Wildman–Crippen LogP) is 0.460. The number of hydrogen-bond acceptors (Lipinski definition) is 4. The van der Waals surface area contributed by atoms with Gasteiger partial charge in [0.2, 0.25) is 0 Å². The molecule has 2 bridgehead atoms. The molecule has 0 amide bonds. The van der Waals surface area contributed by atoms with E-state index in [1.165, 1.54) is 0 Å². The molecule has 15 heavy (non-hydrogen) atoms. The number of rotatable bonds is 2. The third kappa shape index (κ3) is 1.39. The summed E-state index contributed by atoms with van der Waals surface area (Å²) < 4.78 is 5.06. The van der Waals surface area contributed by atoms with Gasteiger partial charge in [0.15, 0.2) is 5.78 Å². The number of esters is 1. The van der Waals surface area contributed by atoms with Crippen LogP contribution in [0.3, 0.4) is 0 Å². The highest BCUT2D eigenvalue weighted by molar-refractivity contribution is 6.06. The van der Waals surface area contributed by atoms with Crippen molar-refractivity contribution >= 4 is 11.8 Å². The van der Waals surface area contributed by atoms with Crippen LogP contribution < -0.4 is 0 Å². The number of hydrogen-bond donors (Lipinski definition) is 0. The maximum absolute atomic E-state index is 12.0. The van der Waals surface area contributed by atoms with Crippen LogP contribution in [0.15, 0.2) is 0 Å². The van der Waals surface area contributed by atoms with E-state index in [2.05, 4.69) is 4.90 Å². The van der Waals surface area contributed by atoms with Crippen molar-refractivity contribution in [3.63, 3.8) is 0 Å². The van der Waals surface area contributed by atoms with Gasteiger partial charge in [-0.2, -0.15) is 0 Å². The van der Waals surface area contributed by atoms with Gasteiger partial charge in [-0.05, 0) is 19.3 Å². The molecule has 4 heteroatoms. The molecule has 3 unspecified atom stereocenters. The van der Waals surface area contributed by atoms with Gasteiger partial charge < -0.3 is 4.74 Å². The molecule has 0 saturated carbocycles. The Bertz CT molecular complexity index is 302. The van der Waals surface area contributed by atoms with E-state index in [1.807, 2.05) is 6.92 Å². The second-order valence-electron chi connectivity index (χ2n) is 4.50. The van der Waals surface area contributed by atoms with E-state index in [4.69, 9.17) is 4.74 Å². The molecule has 3 aliphatic rings. The van der Waals surface area contributed by atoms with Gasteiger partial charge >= 0.3 is 5.97 Å². The molecule has 0 aromatic rings. The van der Waals surface area contributed by atoms with Crippen molar-refractivity contribution in [1.29, 1.82) is 0 Å². The van der Waals surface area contributed by atoms with E-state index in [0.717, 1.165) is 13.1 Å². The standard InChI is InChI=1S/C11H17NO3/c1-3-15-10(14)11-4-5-12(6-8(11)2)7-9(11)13/h8H,3-7H2,1-2H3. The molecule has 3 aliphatic heterocycles. The Morgan fingerprint density at radius 1 is 1.67 bits per heavy atom. The van der Waals surface area contributed by atoms with Gasteiger partial charge in [-0.25, -0.2) is 0 Å². The van der Waals surface area contributed by atoms with Crippen LogP contribution in [-0.4, -0.2) is 42.9 Å². The molecule has 0 spiro atoms. The van der Waals surface area contributed by atoms with E-state index >= 15 is 0 Å². The van der Waals surface area contributed by atoms with Crippen molar-refractivity contribution in [2.24, 2.45) is 11.3 Å². The van der Waals surface area contributed by atoms with Crippen LogP contribution in [-0.2, 0) is 14.3 Å². The Hall–Kier alpha value is -0.900. The molecule has 0 aromatic carbocycles. The fourth-order valence-electron chi connectivity index (χ4n) is 2.79. The van der Waals surface area contributed by atoms with E-state index in [9.17, 15) is 9.59 Å². The first-order chi connectivity index (χ1) is 7.11. The Morgan fingerprint density at radius 3 is 2.93 bits per heavy atom. The van der Waals surface area contributed by atoms with Crippen LogP contribution in [0.5, 0.6) is 0 Å². The molecule has 0 radical (unpaired) electrons. The number of piperidine rings is 3. The second kappa shape index (κ2) is 3.59. The zero-order valence-electron chi connectivity index (χ0n) is 9.28. The fraction of sp³-hybridized carbons (Fsp3) is 0.818. The second-order valence-corrected chi connectivity index (χ2v) is 4.50. The van der Waals surface area contributed by atoms with Crippen LogP contribution in [0.1, 0.15) is 20.3 Å². The van der Waals surface area contributed by atoms with Crippen molar-refractivity contribution in [3.05, 3.63) is 0 Å². The number of carbonyl (C=O) groups excluding carboxylic acids is 2. The number of ether oxygens (including phenoxy) is 1. The molecule has 3 fully saturated rings. The third-order valence-electron chi connectivity index (χ3n) is 3.70. The van der Waals surface area contributed by atoms with Gasteiger partial charge in [0.05, 0.1) is 13.2 Å². The molecule has 0 N–H and O–H groups in total. The molecular weight excluding hydrogens is 194 g/mol. The molecular formula is C11H17NO3. The Labute approximate surface area is 89.6 Å². The quantitative estimate of drug-likeness (QED) is 0.492. The van der Waals surface area contributed by atoms with Crippen molar-refractivity contribution in [2.75, 3.05) is 26.2 Å². The molecule has 3 atom stereocenters. The first-order valence-electron chi connectivity index (χ1n) is 5.54. The van der Waals surface area contributed by atoms with E-state index in [-0.39, 0.29) is 17.7 Å². The van der Waals surface area contributed by atoms with Gasteiger partial charge in [0.25, 0.3) is 0 Å². The third-order valence-corrected chi connectivity index (χ3v) is 3.70. The molecule has 84 valence electrons. The Kier molecular flexibility index (Phi) is 2.54. The lowest BCUT2D eigenvalue weighted by Gasteiger charge is -2.49. The topological polar surface area (TPSA) is 46.6 Å². The lowest BCUT2D eigenvalue weighted by atomic mass is 9.65. The molecule has 3 saturated heterocycles. The lowest BCUT2D eigenvalue weighted by molar-refractivity contribution is -0.174. The van der Waals surface area contributed by atoms with Gasteiger partial charge in [-0.1, -0.05) is 6.92 Å². The van der Waals surface area contributed by atoms with Crippen LogP contribution >= 0.6 is 0 Å². The average Bonchev–Trinajstić information content (AvgIpc) is 2.18. The minimum Gasteiger partial charge on any atom is -0.465 e. The maximum Gasteiger partial charge on any atom is 0.320 e. The minimum absolute atomic E-state index is 0.0472. The number of carbonyl (C=O) groups is 2. The van der Waals surface area contributed by atoms with E-state index in [1.54, 1.807) is 6.92 Å². The monoisotopic (exact) mass is 211 g/mol. The van der Waals surface area contributed by atoms with Gasteiger partial charge in [-0.3, -0.25) is 14.5 Å². The smallest absolute Gasteiger partial charge is 0.320 e. The summed E-state index contributed by atoms with van der Waals surface area (Å²) in [5.41, 5.74) is -0.829. The molecule has 3 rings (SSSR count). The van der Waals surface area contributed by atoms with Crippen LogP contribution in [0.4, 0.5) is 0 Å². The molecule has 3 heterocycles. The van der Waals surface area contributed by atoms with Gasteiger partial charge in [0, 0.05) is 13.1 Å². The van der Waals surface area contributed by atoms with Crippen molar-refractivity contribution in [3.8, 4) is 0 Å². The summed E-state index contributed by atoms with van der Waals surface area (Å²) in [6.07, 6.45) is 0.631. The highest BCUT2D eigenvalue weighted by atomic mass is 16.5. The molecule has 0 aliphatic carbocycles. The zero-order chi connectivity index (χ0) is 11.1. The van der Waals surface area contributed by atoms with Crippen molar-refractivity contribution in [2.45, 2.75) is 20.3 Å². The largest absolute Gasteiger partial charge is 0.465 e. The van der Waals surface area contributed by atoms with Crippen molar-refractivity contribution < 1.29 is 14.3 Å². The average molecular weight is 211 g/mol. The summed E-state index contributed by atoms with van der Waals surface area (Å²) >= 11 is 0. The summed E-state index contributed by atoms with van der Waals surface area (Å²) in [7, 11) is 0. The summed E-state index contributed by atoms with van der Waals surface area (Å²) in [5.74, 6) is -0.167. The molecule has 4 nitrogen and oxygen atoms in total. The fourth-order valence-corrected chi connectivity index (χ4v) is 2.79. The molecule has 0 aromatic heterocycles. The first-order valence-corrected chi connectivity index (χ1v) is 5.54. The predicted molar refractivity (Wildman–Crippen MR) is 54.3 cm³/mol. The number of Topliss-reactive ketones (excluding diaryl/α,β-unsaturated/α-hetero) is 1. The van der Waals surface area contributed by atoms with Crippen molar-refractivity contribution in [1.82, 2.24) is 4.90 Å². The van der Waals surface area contributed by atoms with Crippen LogP contribution in [0, 0.1) is 11.3 Å². The Morgan fingerprint density at radius 2 is 2.40 bits per heavy atom. The number of ketones is 1. The summed E-state index contributed by atoms with van der Waals surface area (Å²) in [5, 5.41) is 0. The highest BCUT2D eigenvalue weighted by Crippen LogP contribution is 2.42. The highest BCUT2D eigenvalue weighted by Gasteiger charge is 2.57. The SMILES string of the molecule is CCOC(=O)C12CCN(CC1=O)CC2C. The number of fused-ring (bicyclic) bond motifs is 3. The van der Waals surface area contributed by atoms with E-state index < -0.39 is 5.41 Å². The minimum atomic E-state index is -0.829. The normalized spacial score (nSPS) is 39.2. The maximum atomic E-state index is 12.0. The van der Waals surface area contributed by atoms with E-state index in [0.29, 0.717) is 19.6 Å². The van der Waals surface area contributed by atoms with Crippen LogP contribution in [0.25, 0.3) is 0 Å². The Balaban J connectivity index is 2.28. The summed E-state index contributed by atoms with van der Waals surface area (Å²) in [6, 6.07) is 0. The first kappa shape index (κ1) is 10.6. The van der Waals surface area contributed by atoms with Gasteiger partial charge in [0.1, 0.15) is 5.41 Å². The lowest BCUT2D eigenvalue weighted by Crippen LogP contribution is -2.63. The summed E-state index contributed by atoms with van der Waals surface area (Å²) in [6.45, 7) is 6.20. The van der Waals surface area contributed by atoms with Gasteiger partial charge in [-0.15, -0.1) is 0 Å². The number of nitrogens with zero attached hydrogens (tertiary/aromatic N) is 1. The summed E-state index contributed by atoms with van der Waals surface area (Å²) in [4.78, 5) is 26.0. The zero-order valence-corrected chi connectivity index (χ0v) is 9.28.